The Bertz CT molecular complexity index is 1240. The number of benzene rings is 3. The van der Waals surface area contributed by atoms with Gasteiger partial charge in [-0.3, -0.25) is 19.4 Å². The highest BCUT2D eigenvalue weighted by Crippen LogP contribution is 2.48. The van der Waals surface area contributed by atoms with Gasteiger partial charge < -0.3 is 5.32 Å². The van der Waals surface area contributed by atoms with Crippen LogP contribution in [0.4, 0.5) is 11.4 Å². The third kappa shape index (κ3) is 4.71. The van der Waals surface area contributed by atoms with E-state index in [0.717, 1.165) is 58.2 Å². The molecule has 2 amide bonds. The lowest BCUT2D eigenvalue weighted by molar-refractivity contribution is -0.119. The van der Waals surface area contributed by atoms with Gasteiger partial charge in [-0.05, 0) is 61.7 Å². The SMILES string of the molecule is Cc1ccccc1C(=O)NC1CCN(CC(=O)N2c3ccccc3Sc3ccc(Cl)cc32)CC1. The quantitative estimate of drug-likeness (QED) is 0.510. The summed E-state index contributed by atoms with van der Waals surface area (Å²) >= 11 is 7.94. The van der Waals surface area contributed by atoms with Crippen LogP contribution in [0.15, 0.2) is 76.5 Å². The monoisotopic (exact) mass is 491 g/mol. The number of piperidine rings is 1. The maximum absolute atomic E-state index is 13.5. The number of carbonyl (C=O) groups is 2. The average molecular weight is 492 g/mol. The highest BCUT2D eigenvalue weighted by molar-refractivity contribution is 7.99. The first-order valence-corrected chi connectivity index (χ1v) is 12.7. The second kappa shape index (κ2) is 9.82. The summed E-state index contributed by atoms with van der Waals surface area (Å²) in [7, 11) is 0. The number of likely N-dealkylation sites (tertiary alicyclic amines) is 1. The molecule has 174 valence electrons. The van der Waals surface area contributed by atoms with Crippen LogP contribution in [0, 0.1) is 6.92 Å². The number of aryl methyl sites for hydroxylation is 1. The van der Waals surface area contributed by atoms with Crippen molar-refractivity contribution in [2.45, 2.75) is 35.6 Å². The van der Waals surface area contributed by atoms with E-state index in [1.54, 1.807) is 16.7 Å². The largest absolute Gasteiger partial charge is 0.349 e. The molecule has 1 N–H and O–H groups in total. The van der Waals surface area contributed by atoms with Gasteiger partial charge in [-0.15, -0.1) is 0 Å². The lowest BCUT2D eigenvalue weighted by Crippen LogP contribution is -2.47. The van der Waals surface area contributed by atoms with Crippen molar-refractivity contribution < 1.29 is 9.59 Å². The number of rotatable bonds is 4. The maximum atomic E-state index is 13.5. The van der Waals surface area contributed by atoms with Crippen LogP contribution in [0.25, 0.3) is 0 Å². The Labute approximate surface area is 209 Å². The summed E-state index contributed by atoms with van der Waals surface area (Å²) < 4.78 is 0. The predicted molar refractivity (Wildman–Crippen MR) is 137 cm³/mol. The first kappa shape index (κ1) is 23.0. The Morgan fingerprint density at radius 2 is 1.68 bits per heavy atom. The van der Waals surface area contributed by atoms with Gasteiger partial charge in [0.15, 0.2) is 0 Å². The van der Waals surface area contributed by atoms with Crippen LogP contribution in [0.3, 0.4) is 0 Å². The van der Waals surface area contributed by atoms with Crippen LogP contribution in [0.1, 0.15) is 28.8 Å². The number of hydrogen-bond acceptors (Lipinski definition) is 4. The van der Waals surface area contributed by atoms with E-state index in [9.17, 15) is 9.59 Å². The topological polar surface area (TPSA) is 52.7 Å². The van der Waals surface area contributed by atoms with Gasteiger partial charge in [0.25, 0.3) is 5.91 Å². The van der Waals surface area contributed by atoms with Gasteiger partial charge in [-0.1, -0.05) is 53.7 Å². The number of halogens is 1. The smallest absolute Gasteiger partial charge is 0.251 e. The summed E-state index contributed by atoms with van der Waals surface area (Å²) in [6.45, 7) is 3.79. The molecule has 0 spiro atoms. The van der Waals surface area contributed by atoms with E-state index in [1.165, 1.54) is 0 Å². The zero-order valence-corrected chi connectivity index (χ0v) is 20.5. The van der Waals surface area contributed by atoms with E-state index in [0.29, 0.717) is 11.6 Å². The van der Waals surface area contributed by atoms with Crippen molar-refractivity contribution in [2.24, 2.45) is 0 Å². The van der Waals surface area contributed by atoms with E-state index >= 15 is 0 Å². The summed E-state index contributed by atoms with van der Waals surface area (Å²) in [5.74, 6) is 0.00204. The summed E-state index contributed by atoms with van der Waals surface area (Å²) in [5.41, 5.74) is 3.43. The Hall–Kier alpha value is -2.80. The molecule has 0 saturated carbocycles. The fraction of sp³-hybridized carbons (Fsp3) is 0.259. The standard InChI is InChI=1S/C27H26ClN3O2S/c1-18-6-2-3-7-21(18)27(33)29-20-12-14-30(15-13-20)17-26(32)31-22-8-4-5-9-24(22)34-25-11-10-19(28)16-23(25)31/h2-11,16,20H,12-15,17H2,1H3,(H,29,33). The van der Waals surface area contributed by atoms with Crippen LogP contribution in [0.2, 0.25) is 5.02 Å². The van der Waals surface area contributed by atoms with Gasteiger partial charge in [0.2, 0.25) is 5.91 Å². The van der Waals surface area contributed by atoms with Crippen LogP contribution >= 0.6 is 23.4 Å². The molecule has 3 aromatic rings. The van der Waals surface area contributed by atoms with E-state index in [1.807, 2.05) is 73.7 Å². The zero-order valence-electron chi connectivity index (χ0n) is 19.0. The average Bonchev–Trinajstić information content (AvgIpc) is 2.84. The van der Waals surface area contributed by atoms with E-state index in [2.05, 4.69) is 10.2 Å². The second-order valence-corrected chi connectivity index (χ2v) is 10.3. The number of fused-ring (bicyclic) bond motifs is 2. The second-order valence-electron chi connectivity index (χ2n) is 8.75. The van der Waals surface area contributed by atoms with Crippen molar-refractivity contribution in [3.05, 3.63) is 82.9 Å². The number of hydrogen-bond donors (Lipinski definition) is 1. The Morgan fingerprint density at radius 3 is 2.47 bits per heavy atom. The lowest BCUT2D eigenvalue weighted by Gasteiger charge is -2.35. The number of carbonyl (C=O) groups excluding carboxylic acids is 2. The number of anilines is 2. The third-order valence-electron chi connectivity index (χ3n) is 6.41. The molecule has 7 heteroatoms. The zero-order chi connectivity index (χ0) is 23.7. The molecule has 0 aromatic heterocycles. The molecule has 34 heavy (non-hydrogen) atoms. The van der Waals surface area contributed by atoms with Crippen molar-refractivity contribution in [3.8, 4) is 0 Å². The molecular formula is C27H26ClN3O2S. The molecule has 2 heterocycles. The minimum Gasteiger partial charge on any atom is -0.349 e. The van der Waals surface area contributed by atoms with E-state index in [-0.39, 0.29) is 17.9 Å². The molecule has 3 aromatic carbocycles. The molecule has 0 aliphatic carbocycles. The maximum Gasteiger partial charge on any atom is 0.251 e. The van der Waals surface area contributed by atoms with Crippen LogP contribution in [-0.2, 0) is 4.79 Å². The first-order valence-electron chi connectivity index (χ1n) is 11.5. The van der Waals surface area contributed by atoms with Gasteiger partial charge in [-0.25, -0.2) is 0 Å². The fourth-order valence-electron chi connectivity index (χ4n) is 4.58. The van der Waals surface area contributed by atoms with E-state index < -0.39 is 0 Å². The Kier molecular flexibility index (Phi) is 6.63. The van der Waals surface area contributed by atoms with Crippen molar-refractivity contribution >= 4 is 46.6 Å². The van der Waals surface area contributed by atoms with Crippen LogP contribution in [0.5, 0.6) is 0 Å². The first-order chi connectivity index (χ1) is 16.5. The van der Waals surface area contributed by atoms with Crippen molar-refractivity contribution in [1.82, 2.24) is 10.2 Å². The van der Waals surface area contributed by atoms with Crippen LogP contribution < -0.4 is 10.2 Å². The minimum absolute atomic E-state index is 0.0245. The van der Waals surface area contributed by atoms with Gasteiger partial charge >= 0.3 is 0 Å². The highest BCUT2D eigenvalue weighted by Gasteiger charge is 2.30. The van der Waals surface area contributed by atoms with E-state index in [4.69, 9.17) is 11.6 Å². The molecule has 1 fully saturated rings. The summed E-state index contributed by atoms with van der Waals surface area (Å²) in [6.07, 6.45) is 1.64. The molecule has 5 nitrogen and oxygen atoms in total. The van der Waals surface area contributed by atoms with Crippen molar-refractivity contribution in [1.29, 1.82) is 0 Å². The Balaban J connectivity index is 1.25. The van der Waals surface area contributed by atoms with Gasteiger partial charge in [0, 0.05) is 39.5 Å². The minimum atomic E-state index is -0.0245. The molecule has 0 radical (unpaired) electrons. The number of amides is 2. The summed E-state index contributed by atoms with van der Waals surface area (Å²) in [4.78, 5) is 32.3. The summed E-state index contributed by atoms with van der Waals surface area (Å²) in [6, 6.07) is 21.4. The normalized spacial score (nSPS) is 16.0. The van der Waals surface area contributed by atoms with Gasteiger partial charge in [-0.2, -0.15) is 0 Å². The van der Waals surface area contributed by atoms with Crippen molar-refractivity contribution in [3.63, 3.8) is 0 Å². The molecule has 2 aliphatic heterocycles. The molecule has 1 saturated heterocycles. The molecule has 0 atom stereocenters. The third-order valence-corrected chi connectivity index (χ3v) is 7.77. The molecule has 2 aliphatic rings. The fourth-order valence-corrected chi connectivity index (χ4v) is 5.79. The lowest BCUT2D eigenvalue weighted by atomic mass is 10.0. The van der Waals surface area contributed by atoms with Gasteiger partial charge in [0.1, 0.15) is 0 Å². The van der Waals surface area contributed by atoms with Crippen LogP contribution in [-0.4, -0.2) is 42.4 Å². The van der Waals surface area contributed by atoms with Crippen molar-refractivity contribution in [2.75, 3.05) is 24.5 Å². The summed E-state index contributed by atoms with van der Waals surface area (Å²) in [5, 5.41) is 3.78. The number of nitrogens with zero attached hydrogens (tertiary/aromatic N) is 2. The van der Waals surface area contributed by atoms with Gasteiger partial charge in [0.05, 0.1) is 17.9 Å². The number of para-hydroxylation sites is 1. The molecule has 0 bridgehead atoms. The molecule has 0 unspecified atom stereocenters. The number of nitrogens with one attached hydrogen (secondary N) is 1. The highest BCUT2D eigenvalue weighted by atomic mass is 35.5. The molecule has 5 rings (SSSR count). The molecular weight excluding hydrogens is 466 g/mol. The Morgan fingerprint density at radius 1 is 0.971 bits per heavy atom. The predicted octanol–water partition coefficient (Wildman–Crippen LogP) is 5.67.